The summed E-state index contributed by atoms with van der Waals surface area (Å²) in [5, 5.41) is 0. The molecule has 166 valence electrons. The van der Waals surface area contributed by atoms with Crippen LogP contribution in [-0.2, 0) is 11.2 Å². The highest BCUT2D eigenvalue weighted by atomic mass is 16.5. The molecule has 2 aliphatic rings. The Morgan fingerprint density at radius 1 is 1.10 bits per heavy atom. The van der Waals surface area contributed by atoms with E-state index in [-0.39, 0.29) is 5.91 Å². The number of pyridine rings is 1. The monoisotopic (exact) mass is 422 g/mol. The van der Waals surface area contributed by atoms with Gasteiger partial charge in [0.15, 0.2) is 0 Å². The van der Waals surface area contributed by atoms with Crippen molar-refractivity contribution in [3.8, 4) is 5.75 Å². The zero-order valence-corrected chi connectivity index (χ0v) is 18.6. The zero-order chi connectivity index (χ0) is 21.5. The van der Waals surface area contributed by atoms with Crippen LogP contribution >= 0.6 is 0 Å². The molecule has 0 bridgehead atoms. The smallest absolute Gasteiger partial charge is 0.222 e. The van der Waals surface area contributed by atoms with Gasteiger partial charge in [-0.25, -0.2) is 4.98 Å². The molecule has 0 N–H and O–H groups in total. The van der Waals surface area contributed by atoms with Crippen LogP contribution < -0.4 is 9.64 Å². The molecule has 2 aromatic rings. The molecule has 1 amide bonds. The van der Waals surface area contributed by atoms with Crippen molar-refractivity contribution < 1.29 is 9.53 Å². The fourth-order valence-electron chi connectivity index (χ4n) is 4.74. The maximum Gasteiger partial charge on any atom is 0.222 e. The molecule has 0 radical (unpaired) electrons. The summed E-state index contributed by atoms with van der Waals surface area (Å²) in [5.74, 6) is 2.79. The Morgan fingerprint density at radius 2 is 1.97 bits per heavy atom. The molecule has 1 unspecified atom stereocenters. The molecule has 2 saturated heterocycles. The van der Waals surface area contributed by atoms with Gasteiger partial charge >= 0.3 is 0 Å². The van der Waals surface area contributed by atoms with Crippen molar-refractivity contribution in [1.29, 1.82) is 0 Å². The summed E-state index contributed by atoms with van der Waals surface area (Å²) >= 11 is 0. The average Bonchev–Trinajstić information content (AvgIpc) is 2.84. The first-order valence-electron chi connectivity index (χ1n) is 11.5. The van der Waals surface area contributed by atoms with Crippen molar-refractivity contribution in [2.24, 2.45) is 5.92 Å². The Balaban J connectivity index is 1.22. The molecule has 0 spiro atoms. The molecule has 1 aromatic heterocycles. The number of likely N-dealkylation sites (tertiary alicyclic amines) is 1. The van der Waals surface area contributed by atoms with E-state index in [2.05, 4.69) is 37.9 Å². The molecule has 1 atom stereocenters. The van der Waals surface area contributed by atoms with Crippen LogP contribution in [0.3, 0.4) is 0 Å². The Kier molecular flexibility index (Phi) is 7.41. The van der Waals surface area contributed by atoms with E-state index in [1.54, 1.807) is 7.11 Å². The fraction of sp³-hybridized carbons (Fsp3) is 0.520. The number of carbonyl (C=O) groups is 1. The van der Waals surface area contributed by atoms with Crippen molar-refractivity contribution in [1.82, 2.24) is 14.8 Å². The molecule has 0 saturated carbocycles. The van der Waals surface area contributed by atoms with Crippen LogP contribution in [0.15, 0.2) is 48.7 Å². The summed E-state index contributed by atoms with van der Waals surface area (Å²) in [6.45, 7) is 7.07. The maximum atomic E-state index is 12.8. The summed E-state index contributed by atoms with van der Waals surface area (Å²) in [6.07, 6.45) is 5.54. The summed E-state index contributed by atoms with van der Waals surface area (Å²) in [4.78, 5) is 24.3. The first kappa shape index (κ1) is 21.6. The topological polar surface area (TPSA) is 48.9 Å². The highest BCUT2D eigenvalue weighted by Crippen LogP contribution is 2.21. The lowest BCUT2D eigenvalue weighted by molar-refractivity contribution is -0.133. The van der Waals surface area contributed by atoms with Gasteiger partial charge in [0.05, 0.1) is 7.11 Å². The summed E-state index contributed by atoms with van der Waals surface area (Å²) in [7, 11) is 1.68. The van der Waals surface area contributed by atoms with E-state index in [1.165, 1.54) is 6.42 Å². The molecular weight excluding hydrogens is 388 g/mol. The molecule has 31 heavy (non-hydrogen) atoms. The molecule has 6 nitrogen and oxygen atoms in total. The van der Waals surface area contributed by atoms with Gasteiger partial charge in [-0.1, -0.05) is 18.2 Å². The molecule has 0 aliphatic carbocycles. The van der Waals surface area contributed by atoms with Crippen LogP contribution in [0.25, 0.3) is 0 Å². The minimum Gasteiger partial charge on any atom is -0.497 e. The van der Waals surface area contributed by atoms with Gasteiger partial charge in [-0.15, -0.1) is 0 Å². The second-order valence-corrected chi connectivity index (χ2v) is 8.68. The summed E-state index contributed by atoms with van der Waals surface area (Å²) in [6, 6.07) is 14.1. The van der Waals surface area contributed by atoms with Crippen LogP contribution in [0.1, 0.15) is 24.8 Å². The highest BCUT2D eigenvalue weighted by Gasteiger charge is 2.26. The third kappa shape index (κ3) is 5.97. The molecular formula is C25H34N4O2. The van der Waals surface area contributed by atoms with E-state index < -0.39 is 0 Å². The van der Waals surface area contributed by atoms with Gasteiger partial charge in [0, 0.05) is 58.4 Å². The van der Waals surface area contributed by atoms with E-state index in [9.17, 15) is 4.79 Å². The van der Waals surface area contributed by atoms with Crippen molar-refractivity contribution in [2.45, 2.75) is 25.7 Å². The van der Waals surface area contributed by atoms with Gasteiger partial charge in [-0.2, -0.15) is 0 Å². The maximum absolute atomic E-state index is 12.8. The third-order valence-electron chi connectivity index (χ3n) is 6.50. The number of benzene rings is 1. The second-order valence-electron chi connectivity index (χ2n) is 8.68. The minimum absolute atomic E-state index is 0.285. The van der Waals surface area contributed by atoms with Crippen LogP contribution in [0.4, 0.5) is 5.82 Å². The number of amides is 1. The first-order valence-corrected chi connectivity index (χ1v) is 11.5. The van der Waals surface area contributed by atoms with Crippen LogP contribution in [0, 0.1) is 5.92 Å². The number of hydrogen-bond acceptors (Lipinski definition) is 5. The second kappa shape index (κ2) is 10.6. The molecule has 1 aromatic carbocycles. The van der Waals surface area contributed by atoms with Gasteiger partial charge in [0.25, 0.3) is 0 Å². The number of hydrogen-bond donors (Lipinski definition) is 0. The number of carbonyl (C=O) groups excluding carboxylic acids is 1. The number of ether oxygens (including phenoxy) is 1. The van der Waals surface area contributed by atoms with Gasteiger partial charge in [0.1, 0.15) is 11.6 Å². The summed E-state index contributed by atoms with van der Waals surface area (Å²) < 4.78 is 5.29. The minimum atomic E-state index is 0.285. The van der Waals surface area contributed by atoms with Gasteiger partial charge in [-0.05, 0) is 55.0 Å². The number of anilines is 1. The van der Waals surface area contributed by atoms with Crippen molar-refractivity contribution in [3.05, 3.63) is 54.2 Å². The standard InChI is InChI=1S/C25H34N4O2/c1-31-23-8-4-6-21(18-23)10-11-25(30)29-13-5-7-22(20-29)19-27-14-16-28(17-15-27)24-9-2-3-12-26-24/h2-4,6,8-9,12,18,22H,5,7,10-11,13-17,19-20H2,1H3. The third-order valence-corrected chi connectivity index (χ3v) is 6.50. The van der Waals surface area contributed by atoms with Gasteiger partial charge in [0.2, 0.25) is 5.91 Å². The number of methoxy groups -OCH3 is 1. The lowest BCUT2D eigenvalue weighted by Crippen LogP contribution is -2.50. The van der Waals surface area contributed by atoms with E-state index >= 15 is 0 Å². The number of piperazine rings is 1. The van der Waals surface area contributed by atoms with Crippen molar-refractivity contribution in [3.63, 3.8) is 0 Å². The van der Waals surface area contributed by atoms with E-state index in [0.29, 0.717) is 12.3 Å². The van der Waals surface area contributed by atoms with Gasteiger partial charge in [-0.3, -0.25) is 9.69 Å². The van der Waals surface area contributed by atoms with E-state index in [1.807, 2.05) is 30.5 Å². The number of piperidine rings is 1. The average molecular weight is 423 g/mol. The van der Waals surface area contributed by atoms with Crippen LogP contribution in [-0.4, -0.2) is 73.6 Å². The summed E-state index contributed by atoms with van der Waals surface area (Å²) in [5.41, 5.74) is 1.16. The zero-order valence-electron chi connectivity index (χ0n) is 18.6. The molecule has 2 fully saturated rings. The Morgan fingerprint density at radius 3 is 2.74 bits per heavy atom. The van der Waals surface area contributed by atoms with Crippen molar-refractivity contribution in [2.75, 3.05) is 57.8 Å². The quantitative estimate of drug-likeness (QED) is 0.686. The molecule has 4 rings (SSSR count). The van der Waals surface area contributed by atoms with Gasteiger partial charge < -0.3 is 14.5 Å². The number of rotatable bonds is 7. The number of aryl methyl sites for hydroxylation is 1. The Bertz CT molecular complexity index is 836. The van der Waals surface area contributed by atoms with E-state index in [4.69, 9.17) is 4.74 Å². The SMILES string of the molecule is COc1cccc(CCC(=O)N2CCCC(CN3CCN(c4ccccn4)CC3)C2)c1. The van der Waals surface area contributed by atoms with Crippen molar-refractivity contribution >= 4 is 11.7 Å². The Labute approximate surface area is 185 Å². The molecule has 6 heteroatoms. The van der Waals surface area contributed by atoms with Crippen LogP contribution in [0.2, 0.25) is 0 Å². The fourth-order valence-corrected chi connectivity index (χ4v) is 4.74. The molecule has 3 heterocycles. The lowest BCUT2D eigenvalue weighted by atomic mass is 9.96. The number of aromatic nitrogens is 1. The molecule has 2 aliphatic heterocycles. The highest BCUT2D eigenvalue weighted by molar-refractivity contribution is 5.76. The number of nitrogens with zero attached hydrogens (tertiary/aromatic N) is 4. The first-order chi connectivity index (χ1) is 15.2. The van der Waals surface area contributed by atoms with Crippen LogP contribution in [0.5, 0.6) is 5.75 Å². The van der Waals surface area contributed by atoms with E-state index in [0.717, 1.165) is 75.8 Å². The Hall–Kier alpha value is -2.60. The predicted octanol–water partition coefficient (Wildman–Crippen LogP) is 3.08. The largest absolute Gasteiger partial charge is 0.497 e. The lowest BCUT2D eigenvalue weighted by Gasteiger charge is -2.39. The predicted molar refractivity (Wildman–Crippen MR) is 124 cm³/mol. The normalized spacial score (nSPS) is 20.0.